The Balaban J connectivity index is 2.19. The van der Waals surface area contributed by atoms with E-state index in [4.69, 9.17) is 11.5 Å². The molecule has 1 saturated carbocycles. The molecule has 0 saturated heterocycles. The molecule has 1 heterocycles. The maximum atomic E-state index is 10.6. The fourth-order valence-electron chi connectivity index (χ4n) is 2.40. The Morgan fingerprint density at radius 2 is 2.11 bits per heavy atom. The topological polar surface area (TPSA) is 120 Å². The number of nitro groups is 1. The number of rotatable bonds is 4. The fourth-order valence-corrected chi connectivity index (χ4v) is 2.40. The van der Waals surface area contributed by atoms with Gasteiger partial charge in [-0.15, -0.1) is 0 Å². The molecule has 0 spiro atoms. The van der Waals surface area contributed by atoms with Crippen molar-refractivity contribution < 1.29 is 4.92 Å². The van der Waals surface area contributed by atoms with E-state index in [1.54, 1.807) is 6.07 Å². The summed E-state index contributed by atoms with van der Waals surface area (Å²) in [5.41, 5.74) is 11.0. The average Bonchev–Trinajstić information content (AvgIpc) is 2.78. The highest BCUT2D eigenvalue weighted by Crippen LogP contribution is 2.32. The van der Waals surface area contributed by atoms with Crippen molar-refractivity contribution >= 4 is 17.3 Å². The molecule has 0 unspecified atom stereocenters. The predicted octanol–water partition coefficient (Wildman–Crippen LogP) is 1.26. The molecular weight excluding hydrogens is 234 g/mol. The zero-order chi connectivity index (χ0) is 13.2. The van der Waals surface area contributed by atoms with Gasteiger partial charge in [0.25, 0.3) is 0 Å². The second-order valence-corrected chi connectivity index (χ2v) is 4.67. The Morgan fingerprint density at radius 1 is 1.44 bits per heavy atom. The standard InChI is InChI=1S/C11H17N5O2/c12-7-11(5-1-2-6-11)15-9-4-3-8(16(17)18)10(13)14-9/h3-4H,1-2,5-7,12H2,(H3,13,14,15). The fraction of sp³-hybridized carbons (Fsp3) is 0.545. The van der Waals surface area contributed by atoms with Gasteiger partial charge in [0.15, 0.2) is 0 Å². The molecule has 1 fully saturated rings. The number of hydrogen-bond donors (Lipinski definition) is 3. The number of pyridine rings is 1. The second-order valence-electron chi connectivity index (χ2n) is 4.67. The van der Waals surface area contributed by atoms with Crippen molar-refractivity contribution in [2.45, 2.75) is 31.2 Å². The molecule has 1 aliphatic carbocycles. The molecule has 98 valence electrons. The van der Waals surface area contributed by atoms with Gasteiger partial charge in [-0.05, 0) is 18.9 Å². The summed E-state index contributed by atoms with van der Waals surface area (Å²) in [7, 11) is 0. The monoisotopic (exact) mass is 251 g/mol. The quantitative estimate of drug-likeness (QED) is 0.547. The van der Waals surface area contributed by atoms with Crippen LogP contribution in [-0.4, -0.2) is 22.0 Å². The highest BCUT2D eigenvalue weighted by molar-refractivity contribution is 5.57. The van der Waals surface area contributed by atoms with Crippen molar-refractivity contribution in [2.75, 3.05) is 17.6 Å². The number of nitrogen functional groups attached to an aromatic ring is 1. The Kier molecular flexibility index (Phi) is 3.33. The van der Waals surface area contributed by atoms with Crippen molar-refractivity contribution in [1.29, 1.82) is 0 Å². The smallest absolute Gasteiger partial charge is 0.311 e. The molecule has 0 atom stereocenters. The van der Waals surface area contributed by atoms with E-state index in [-0.39, 0.29) is 17.0 Å². The van der Waals surface area contributed by atoms with E-state index in [1.165, 1.54) is 6.07 Å². The average molecular weight is 251 g/mol. The summed E-state index contributed by atoms with van der Waals surface area (Å²) in [6.07, 6.45) is 4.24. The third-order valence-corrected chi connectivity index (χ3v) is 3.44. The summed E-state index contributed by atoms with van der Waals surface area (Å²) < 4.78 is 0. The Bertz CT molecular complexity index is 457. The van der Waals surface area contributed by atoms with Crippen LogP contribution in [0.5, 0.6) is 0 Å². The van der Waals surface area contributed by atoms with Gasteiger partial charge >= 0.3 is 5.69 Å². The van der Waals surface area contributed by atoms with Gasteiger partial charge < -0.3 is 16.8 Å². The summed E-state index contributed by atoms with van der Waals surface area (Å²) >= 11 is 0. The van der Waals surface area contributed by atoms with E-state index in [2.05, 4.69) is 10.3 Å². The molecular formula is C11H17N5O2. The summed E-state index contributed by atoms with van der Waals surface area (Å²) in [6.45, 7) is 0.519. The molecule has 0 aromatic carbocycles. The summed E-state index contributed by atoms with van der Waals surface area (Å²) in [5.74, 6) is 0.473. The van der Waals surface area contributed by atoms with Crippen molar-refractivity contribution in [3.8, 4) is 0 Å². The van der Waals surface area contributed by atoms with Gasteiger partial charge in [-0.2, -0.15) is 0 Å². The summed E-state index contributed by atoms with van der Waals surface area (Å²) in [5, 5.41) is 13.9. The SMILES string of the molecule is NCC1(Nc2ccc([N+](=O)[O-])c(N)n2)CCCC1. The van der Waals surface area contributed by atoms with Gasteiger partial charge in [-0.25, -0.2) is 4.98 Å². The molecule has 0 aliphatic heterocycles. The van der Waals surface area contributed by atoms with Gasteiger partial charge in [-0.1, -0.05) is 12.8 Å². The second kappa shape index (κ2) is 4.77. The molecule has 0 bridgehead atoms. The highest BCUT2D eigenvalue weighted by atomic mass is 16.6. The van der Waals surface area contributed by atoms with Crippen LogP contribution >= 0.6 is 0 Å². The van der Waals surface area contributed by atoms with E-state index in [1.807, 2.05) is 0 Å². The van der Waals surface area contributed by atoms with E-state index in [0.717, 1.165) is 25.7 Å². The van der Waals surface area contributed by atoms with Crippen molar-refractivity contribution in [1.82, 2.24) is 4.98 Å². The predicted molar refractivity (Wildman–Crippen MR) is 69.2 cm³/mol. The maximum absolute atomic E-state index is 10.6. The minimum absolute atomic E-state index is 0.0739. The minimum Gasteiger partial charge on any atom is -0.378 e. The van der Waals surface area contributed by atoms with Crippen molar-refractivity contribution in [3.05, 3.63) is 22.2 Å². The van der Waals surface area contributed by atoms with Gasteiger partial charge in [-0.3, -0.25) is 10.1 Å². The molecule has 1 aliphatic rings. The molecule has 5 N–H and O–H groups in total. The molecule has 1 aromatic rings. The number of hydrogen-bond acceptors (Lipinski definition) is 6. The van der Waals surface area contributed by atoms with Crippen LogP contribution in [0.1, 0.15) is 25.7 Å². The Morgan fingerprint density at radius 3 is 2.61 bits per heavy atom. The van der Waals surface area contributed by atoms with Crippen LogP contribution in [0.2, 0.25) is 0 Å². The van der Waals surface area contributed by atoms with E-state index < -0.39 is 4.92 Å². The van der Waals surface area contributed by atoms with E-state index in [9.17, 15) is 10.1 Å². The molecule has 0 amide bonds. The lowest BCUT2D eigenvalue weighted by Crippen LogP contribution is -2.43. The van der Waals surface area contributed by atoms with Crippen LogP contribution in [0, 0.1) is 10.1 Å². The molecule has 2 rings (SSSR count). The summed E-state index contributed by atoms with van der Waals surface area (Å²) in [6, 6.07) is 2.94. The van der Waals surface area contributed by atoms with Gasteiger partial charge in [0.1, 0.15) is 5.82 Å². The zero-order valence-electron chi connectivity index (χ0n) is 10.1. The largest absolute Gasteiger partial charge is 0.378 e. The maximum Gasteiger partial charge on any atom is 0.311 e. The van der Waals surface area contributed by atoms with Crippen LogP contribution in [-0.2, 0) is 0 Å². The third kappa shape index (κ3) is 2.35. The number of nitrogens with one attached hydrogen (secondary N) is 1. The van der Waals surface area contributed by atoms with Crippen LogP contribution in [0.25, 0.3) is 0 Å². The molecule has 0 radical (unpaired) electrons. The lowest BCUT2D eigenvalue weighted by Gasteiger charge is -2.29. The first-order chi connectivity index (χ1) is 8.56. The van der Waals surface area contributed by atoms with E-state index >= 15 is 0 Å². The van der Waals surface area contributed by atoms with E-state index in [0.29, 0.717) is 12.4 Å². The number of anilines is 2. The Labute approximate surface area is 105 Å². The lowest BCUT2D eigenvalue weighted by molar-refractivity contribution is -0.384. The first kappa shape index (κ1) is 12.6. The molecule has 7 nitrogen and oxygen atoms in total. The number of aromatic nitrogens is 1. The number of nitrogens with two attached hydrogens (primary N) is 2. The van der Waals surface area contributed by atoms with Crippen LogP contribution < -0.4 is 16.8 Å². The lowest BCUT2D eigenvalue weighted by atomic mass is 9.98. The molecule has 1 aromatic heterocycles. The van der Waals surface area contributed by atoms with Crippen LogP contribution in [0.3, 0.4) is 0 Å². The molecule has 7 heteroatoms. The first-order valence-corrected chi connectivity index (χ1v) is 5.95. The highest BCUT2D eigenvalue weighted by Gasteiger charge is 2.32. The zero-order valence-corrected chi connectivity index (χ0v) is 10.1. The Hall–Kier alpha value is -1.89. The van der Waals surface area contributed by atoms with Gasteiger partial charge in [0.05, 0.1) is 10.5 Å². The minimum atomic E-state index is -0.541. The van der Waals surface area contributed by atoms with Crippen LogP contribution in [0.4, 0.5) is 17.3 Å². The summed E-state index contributed by atoms with van der Waals surface area (Å²) in [4.78, 5) is 14.1. The van der Waals surface area contributed by atoms with Crippen molar-refractivity contribution in [2.24, 2.45) is 5.73 Å². The number of nitrogens with zero attached hydrogens (tertiary/aromatic N) is 2. The van der Waals surface area contributed by atoms with Gasteiger partial charge in [0, 0.05) is 12.6 Å². The van der Waals surface area contributed by atoms with Gasteiger partial charge in [0.2, 0.25) is 5.82 Å². The van der Waals surface area contributed by atoms with Crippen LogP contribution in [0.15, 0.2) is 12.1 Å². The normalized spacial score (nSPS) is 17.6. The van der Waals surface area contributed by atoms with Crippen molar-refractivity contribution in [3.63, 3.8) is 0 Å². The first-order valence-electron chi connectivity index (χ1n) is 5.95. The molecule has 18 heavy (non-hydrogen) atoms. The third-order valence-electron chi connectivity index (χ3n) is 3.44.